The van der Waals surface area contributed by atoms with Crippen molar-refractivity contribution in [3.8, 4) is 41.2 Å². The van der Waals surface area contributed by atoms with Gasteiger partial charge in [0.1, 0.15) is 65.0 Å². The third-order valence-corrected chi connectivity index (χ3v) is 11.9. The van der Waals surface area contributed by atoms with Crippen LogP contribution < -0.4 is 73.8 Å². The minimum atomic E-state index is -4.28. The quantitative estimate of drug-likeness (QED) is 0.0146. The number of hydrogen-bond acceptors (Lipinski definition) is 34. The fourth-order valence-corrected chi connectivity index (χ4v) is 7.52. The minimum Gasteiger partial charge on any atom is -0.493 e. The molecule has 0 fully saturated rings. The van der Waals surface area contributed by atoms with Gasteiger partial charge in [0.15, 0.2) is 0 Å². The Hall–Kier alpha value is -7.32. The fraction of sp³-hybridized carbons (Fsp3) is 0.583. The summed E-state index contributed by atoms with van der Waals surface area (Å²) in [6.45, 7) is 12.9. The van der Waals surface area contributed by atoms with E-state index in [1.807, 2.05) is 27.7 Å². The Bertz CT molecular complexity index is 3310. The second-order valence-corrected chi connectivity index (χ2v) is 24.2. The number of anilines is 5. The summed E-state index contributed by atoms with van der Waals surface area (Å²) in [4.78, 5) is 132. The molecule has 0 spiro atoms. The highest BCUT2D eigenvalue weighted by Crippen LogP contribution is 2.35. The van der Waals surface area contributed by atoms with E-state index in [4.69, 9.17) is 135 Å². The van der Waals surface area contributed by atoms with Crippen molar-refractivity contribution in [1.82, 2.24) is 49.0 Å². The molecule has 45 nitrogen and oxygen atoms in total. The highest BCUT2D eigenvalue weighted by Gasteiger charge is 2.17. The van der Waals surface area contributed by atoms with E-state index >= 15 is 0 Å². The lowest BCUT2D eigenvalue weighted by atomic mass is 10.5. The van der Waals surface area contributed by atoms with Crippen LogP contribution in [0.1, 0.15) is 27.7 Å². The van der Waals surface area contributed by atoms with Crippen molar-refractivity contribution < 1.29 is 129 Å². The van der Waals surface area contributed by atoms with Crippen molar-refractivity contribution in [2.24, 2.45) is 0 Å². The third-order valence-electron chi connectivity index (χ3n) is 9.81. The Morgan fingerprint density at radius 3 is 0.887 bits per heavy atom. The Kier molecular flexibility index (Phi) is 43.8. The predicted molar refractivity (Wildman–Crippen MR) is 340 cm³/mol. The molecular formula is C48H85N15O30P4. The van der Waals surface area contributed by atoms with Crippen LogP contribution in [0.15, 0.2) is 44.7 Å². The van der Waals surface area contributed by atoms with Gasteiger partial charge in [0.2, 0.25) is 70.9 Å². The zero-order valence-electron chi connectivity index (χ0n) is 53.2. The number of hydrogen-bond donors (Lipinski definition) is 15. The number of nitrogen functional groups attached to an aromatic ring is 5. The van der Waals surface area contributed by atoms with E-state index in [1.54, 1.807) is 6.07 Å². The van der Waals surface area contributed by atoms with Gasteiger partial charge in [-0.05, 0) is 27.7 Å². The summed E-state index contributed by atoms with van der Waals surface area (Å²) in [5.41, 5.74) is 26.1. The van der Waals surface area contributed by atoms with E-state index in [0.717, 1.165) is 16.7 Å². The monoisotopic (exact) mass is 1480 g/mol. The van der Waals surface area contributed by atoms with Crippen LogP contribution in [0.4, 0.5) is 29.7 Å². The molecule has 5 heterocycles. The molecule has 5 aromatic heterocycles. The fourth-order valence-electron chi connectivity index (χ4n) is 6.06. The summed E-state index contributed by atoms with van der Waals surface area (Å²) in [5, 5.41) is 8.58. The second-order valence-electron chi connectivity index (χ2n) is 17.9. The van der Waals surface area contributed by atoms with Crippen LogP contribution in [0.2, 0.25) is 0 Å². The third kappa shape index (κ3) is 47.3. The van der Waals surface area contributed by atoms with Crippen LogP contribution in [0.5, 0.6) is 41.2 Å². The molecule has 0 aliphatic heterocycles. The first-order valence-corrected chi connectivity index (χ1v) is 35.5. The average Bonchev–Trinajstić information content (AvgIpc) is 0.891. The summed E-state index contributed by atoms with van der Waals surface area (Å²) in [5.74, 6) is 0.423. The molecule has 0 unspecified atom stereocenters. The lowest BCUT2D eigenvalue weighted by molar-refractivity contribution is 0.105. The Morgan fingerprint density at radius 1 is 0.371 bits per heavy atom. The predicted octanol–water partition coefficient (Wildman–Crippen LogP) is -2.15. The largest absolute Gasteiger partial charge is 0.493 e. The van der Waals surface area contributed by atoms with Gasteiger partial charge in [0.25, 0.3) is 16.7 Å². The molecular weight excluding hydrogens is 1390 g/mol. The molecule has 0 amide bonds. The van der Waals surface area contributed by atoms with Gasteiger partial charge in [-0.25, -0.2) is 0 Å². The van der Waals surface area contributed by atoms with E-state index in [2.05, 4.69) is 44.6 Å². The Balaban J connectivity index is 0.000000623. The van der Waals surface area contributed by atoms with E-state index in [-0.39, 0.29) is 117 Å². The summed E-state index contributed by atoms with van der Waals surface area (Å²) >= 11 is 0. The number of H-pyrrole nitrogens is 1. The molecule has 0 atom stereocenters. The number of nitrogens with two attached hydrogens (primary N) is 5. The SMILES string of the molecule is CCOCCOc1cc(=O)n(CCOCC)c(N)n1.CCOCCOc1cc(OCCOCC)nc(N)n1.Nc1nc(O)cc(=O)[nH]1.Nc1nc(OCCOCP(=O)(O)O)cc(=O)n1CCOCP(=O)(O)O.Nc1nc(OCCOCP(=O)(O)O)cc(OCCOCP(=O)(O)O)n1. The van der Waals surface area contributed by atoms with Crippen molar-refractivity contribution in [3.05, 3.63) is 61.4 Å². The number of aromatic hydroxyl groups is 1. The highest BCUT2D eigenvalue weighted by atomic mass is 31.2. The summed E-state index contributed by atoms with van der Waals surface area (Å²) < 4.78 is 116. The lowest BCUT2D eigenvalue weighted by Gasteiger charge is -2.12. The van der Waals surface area contributed by atoms with Gasteiger partial charge >= 0.3 is 30.4 Å². The number of rotatable bonds is 42. The molecule has 0 saturated carbocycles. The maximum Gasteiger partial charge on any atom is 0.350 e. The van der Waals surface area contributed by atoms with Crippen molar-refractivity contribution in [1.29, 1.82) is 0 Å². The number of aromatic nitrogens is 10. The van der Waals surface area contributed by atoms with Gasteiger partial charge in [-0.3, -0.25) is 46.8 Å². The van der Waals surface area contributed by atoms with Crippen molar-refractivity contribution in [3.63, 3.8) is 0 Å². The van der Waals surface area contributed by atoms with Gasteiger partial charge in [-0.15, -0.1) is 0 Å². The van der Waals surface area contributed by atoms with E-state index in [0.29, 0.717) is 91.0 Å². The molecule has 0 radical (unpaired) electrons. The summed E-state index contributed by atoms with van der Waals surface area (Å²) in [6, 6.07) is 6.18. The van der Waals surface area contributed by atoms with Crippen molar-refractivity contribution in [2.45, 2.75) is 40.8 Å². The highest BCUT2D eigenvalue weighted by molar-refractivity contribution is 7.52. The van der Waals surface area contributed by atoms with Gasteiger partial charge in [0, 0.05) is 26.4 Å². The maximum atomic E-state index is 11.9. The molecule has 20 N–H and O–H groups in total. The van der Waals surface area contributed by atoms with Gasteiger partial charge in [-0.1, -0.05) is 0 Å². The molecule has 5 rings (SSSR count). The summed E-state index contributed by atoms with van der Waals surface area (Å²) in [7, 11) is -17.0. The van der Waals surface area contributed by atoms with Crippen LogP contribution in [-0.4, -0.2) is 238 Å². The lowest BCUT2D eigenvalue weighted by Crippen LogP contribution is -2.26. The van der Waals surface area contributed by atoms with Gasteiger partial charge in [0.05, 0.1) is 96.3 Å². The first-order valence-electron chi connectivity index (χ1n) is 28.3. The van der Waals surface area contributed by atoms with E-state index in [1.165, 1.54) is 16.7 Å². The zero-order chi connectivity index (χ0) is 72.9. The van der Waals surface area contributed by atoms with E-state index in [9.17, 15) is 32.6 Å². The average molecular weight is 1480 g/mol. The maximum absolute atomic E-state index is 11.9. The molecule has 0 aliphatic rings. The standard InChI is InChI=1S/2C12H21N3O4.2C10H19N3O10P2.C4H5N3O2/c1-3-16-5-7-18-10-9-11(15-12(13)14-10)19-8-6-17-4-2;1-3-17-6-5-15-11(16)9-10(14-12(15)13)19-8-7-18-4-2;11-10-12-8(22-3-1-20-6-24(14,15)16)5-9(13-10)23-4-2-21-7-25(17,18)19;11-10-12-8(23-4-3-22-7-25(18,19)20)5-9(14)13(10)1-2-21-6-24(15,16)17;5-4-6-2(8)1-3(9)7-4/h9H,3-8H2,1-2H3,(H2,13,14,15);9H,3-8H2,1-2H3,(H2,13,14);5H,1-4,6-7H2,(H2,11,12,13)(H2,14,15,16)(H2,17,18,19);5H,1-4,6-7H2,(H2,11,12)(H2,15,16,17)(H2,18,19,20);1H,(H4,5,6,7,8,9). The van der Waals surface area contributed by atoms with Gasteiger partial charge in [-0.2, -0.15) is 34.9 Å². The van der Waals surface area contributed by atoms with Crippen LogP contribution in [0.3, 0.4) is 0 Å². The number of nitrogens with one attached hydrogen (secondary N) is 1. The Labute approximate surface area is 552 Å². The zero-order valence-corrected chi connectivity index (χ0v) is 56.7. The van der Waals surface area contributed by atoms with Crippen molar-refractivity contribution in [2.75, 3.05) is 173 Å². The molecule has 0 aromatic carbocycles. The smallest absolute Gasteiger partial charge is 0.350 e. The molecule has 49 heteroatoms. The van der Waals surface area contributed by atoms with E-state index < -0.39 is 66.9 Å². The first kappa shape index (κ1) is 87.7. The number of aromatic amines is 1. The second kappa shape index (κ2) is 48.4. The van der Waals surface area contributed by atoms with Crippen LogP contribution in [-0.2, 0) is 69.2 Å². The number of nitrogens with zero attached hydrogens (tertiary/aromatic N) is 9. The van der Waals surface area contributed by atoms with Crippen molar-refractivity contribution >= 4 is 60.1 Å². The number of ether oxygens (including phenoxy) is 14. The molecule has 0 saturated heterocycles. The molecule has 0 bridgehead atoms. The molecule has 5 aromatic rings. The van der Waals surface area contributed by atoms with Crippen LogP contribution in [0, 0.1) is 0 Å². The van der Waals surface area contributed by atoms with Crippen LogP contribution in [0.25, 0.3) is 0 Å². The molecule has 97 heavy (non-hydrogen) atoms. The molecule has 0 aliphatic carbocycles. The minimum absolute atomic E-state index is 0.0404. The Morgan fingerprint density at radius 2 is 0.629 bits per heavy atom. The van der Waals surface area contributed by atoms with Crippen LogP contribution >= 0.6 is 30.4 Å². The molecule has 552 valence electrons. The summed E-state index contributed by atoms with van der Waals surface area (Å²) in [6.07, 6.45) is -2.95. The first-order chi connectivity index (χ1) is 45.7. The van der Waals surface area contributed by atoms with Gasteiger partial charge < -0.3 is 139 Å². The topological polar surface area (TPSA) is 677 Å². The normalized spacial score (nSPS) is 11.3.